The summed E-state index contributed by atoms with van der Waals surface area (Å²) >= 11 is 6.21. The molecule has 0 unspecified atom stereocenters. The summed E-state index contributed by atoms with van der Waals surface area (Å²) in [6.45, 7) is 8.12. The second-order valence-electron chi connectivity index (χ2n) is 8.00. The maximum absolute atomic E-state index is 13.8. The highest BCUT2D eigenvalue weighted by Gasteiger charge is 2.42. The Morgan fingerprint density at radius 2 is 1.67 bits per heavy atom. The molecule has 0 radical (unpaired) electrons. The molecule has 0 saturated heterocycles. The molecule has 1 heterocycles. The number of halogens is 1. The molecule has 1 N–H and O–H groups in total. The average Bonchev–Trinajstić information content (AvgIpc) is 3.01. The van der Waals surface area contributed by atoms with E-state index in [2.05, 4.69) is 5.32 Å². The van der Waals surface area contributed by atoms with Gasteiger partial charge < -0.3 is 10.1 Å². The first-order chi connectivity index (χ1) is 15.8. The summed E-state index contributed by atoms with van der Waals surface area (Å²) in [5.74, 6) is -0.371. The molecule has 0 spiro atoms. The molecule has 5 nitrogen and oxygen atoms in total. The third-order valence-corrected chi connectivity index (χ3v) is 5.84. The van der Waals surface area contributed by atoms with Crippen molar-refractivity contribution in [2.75, 3.05) is 16.8 Å². The Morgan fingerprint density at radius 3 is 2.39 bits per heavy atom. The number of carbonyl (C=O) groups is 2. The van der Waals surface area contributed by atoms with Crippen molar-refractivity contribution in [2.24, 2.45) is 0 Å². The van der Waals surface area contributed by atoms with Crippen LogP contribution in [0.1, 0.15) is 29.2 Å². The van der Waals surface area contributed by atoms with Crippen molar-refractivity contribution in [3.05, 3.63) is 93.6 Å². The lowest BCUT2D eigenvalue weighted by Crippen LogP contribution is -2.32. The van der Waals surface area contributed by atoms with E-state index in [0.717, 1.165) is 16.7 Å². The zero-order valence-corrected chi connectivity index (χ0v) is 19.8. The number of nitrogens with zero attached hydrogens (tertiary/aromatic N) is 1. The number of anilines is 2. The van der Waals surface area contributed by atoms with E-state index < -0.39 is 11.8 Å². The fourth-order valence-corrected chi connectivity index (χ4v) is 4.16. The van der Waals surface area contributed by atoms with Crippen LogP contribution in [0.5, 0.6) is 5.75 Å². The molecule has 33 heavy (non-hydrogen) atoms. The highest BCUT2D eigenvalue weighted by molar-refractivity contribution is 6.46. The van der Waals surface area contributed by atoms with Gasteiger partial charge >= 0.3 is 0 Å². The molecule has 0 aliphatic carbocycles. The Hall–Kier alpha value is -3.57. The third kappa shape index (κ3) is 4.24. The minimum atomic E-state index is -0.443. The van der Waals surface area contributed by atoms with Crippen LogP contribution in [-0.4, -0.2) is 18.4 Å². The molecule has 0 atom stereocenters. The molecular formula is C27H25ClN2O3. The standard InChI is InChI=1S/C27H25ClN2O3/c1-5-33-23-9-7-6-8-22(23)30-26(31)24(20-13-10-16(2)14-18(20)4)25(27(30)32)29-21-15-19(28)12-11-17(21)3/h6-15,29H,5H2,1-4H3. The van der Waals surface area contributed by atoms with Gasteiger partial charge in [-0.3, -0.25) is 9.59 Å². The minimum absolute atomic E-state index is 0.212. The number of hydrogen-bond donors (Lipinski definition) is 1. The fourth-order valence-electron chi connectivity index (χ4n) is 3.99. The van der Waals surface area contributed by atoms with Crippen molar-refractivity contribution >= 4 is 40.4 Å². The summed E-state index contributed by atoms with van der Waals surface area (Å²) in [6, 6.07) is 18.3. The molecule has 0 saturated carbocycles. The third-order valence-electron chi connectivity index (χ3n) is 5.60. The molecule has 1 aliphatic rings. The Morgan fingerprint density at radius 1 is 0.909 bits per heavy atom. The van der Waals surface area contributed by atoms with Gasteiger partial charge in [-0.1, -0.05) is 53.6 Å². The van der Waals surface area contributed by atoms with Gasteiger partial charge in [0.1, 0.15) is 11.4 Å². The van der Waals surface area contributed by atoms with Crippen molar-refractivity contribution < 1.29 is 14.3 Å². The monoisotopic (exact) mass is 460 g/mol. The van der Waals surface area contributed by atoms with Crippen LogP contribution in [0.3, 0.4) is 0 Å². The Labute approximate surface area is 198 Å². The van der Waals surface area contributed by atoms with E-state index in [9.17, 15) is 9.59 Å². The molecule has 6 heteroatoms. The number of amides is 2. The van der Waals surface area contributed by atoms with E-state index >= 15 is 0 Å². The van der Waals surface area contributed by atoms with Crippen molar-refractivity contribution in [1.29, 1.82) is 0 Å². The summed E-state index contributed by atoms with van der Waals surface area (Å²) in [5.41, 5.74) is 5.21. The lowest BCUT2D eigenvalue weighted by atomic mass is 9.97. The molecule has 168 valence electrons. The molecule has 0 fully saturated rings. The van der Waals surface area contributed by atoms with Crippen LogP contribution < -0.4 is 15.0 Å². The van der Waals surface area contributed by atoms with Gasteiger partial charge in [-0.2, -0.15) is 0 Å². The van der Waals surface area contributed by atoms with E-state index in [4.69, 9.17) is 16.3 Å². The zero-order chi connectivity index (χ0) is 23.7. The number of para-hydroxylation sites is 2. The van der Waals surface area contributed by atoms with Crippen LogP contribution >= 0.6 is 11.6 Å². The maximum Gasteiger partial charge on any atom is 0.282 e. The summed E-state index contributed by atoms with van der Waals surface area (Å²) in [5, 5.41) is 3.75. The average molecular weight is 461 g/mol. The van der Waals surface area contributed by atoms with Gasteiger partial charge in [-0.05, 0) is 68.7 Å². The number of carbonyl (C=O) groups excluding carboxylic acids is 2. The van der Waals surface area contributed by atoms with Crippen LogP contribution in [0.2, 0.25) is 5.02 Å². The van der Waals surface area contributed by atoms with Crippen molar-refractivity contribution in [3.63, 3.8) is 0 Å². The normalized spacial score (nSPS) is 13.7. The van der Waals surface area contributed by atoms with Gasteiger partial charge in [0.25, 0.3) is 11.8 Å². The molecule has 1 aliphatic heterocycles. The maximum atomic E-state index is 13.8. The number of rotatable bonds is 6. The van der Waals surface area contributed by atoms with Gasteiger partial charge in [0.15, 0.2) is 0 Å². The summed E-state index contributed by atoms with van der Waals surface area (Å²) in [7, 11) is 0. The van der Waals surface area contributed by atoms with Crippen molar-refractivity contribution in [2.45, 2.75) is 27.7 Å². The summed E-state index contributed by atoms with van der Waals surface area (Å²) in [6.07, 6.45) is 0. The van der Waals surface area contributed by atoms with Crippen LogP contribution in [0.25, 0.3) is 5.57 Å². The Balaban J connectivity index is 1.89. The zero-order valence-electron chi connectivity index (χ0n) is 19.0. The van der Waals surface area contributed by atoms with E-state index in [0.29, 0.717) is 39.9 Å². The summed E-state index contributed by atoms with van der Waals surface area (Å²) in [4.78, 5) is 28.7. The molecule has 0 aromatic heterocycles. The van der Waals surface area contributed by atoms with Gasteiger partial charge in [0, 0.05) is 10.7 Å². The first-order valence-corrected chi connectivity index (χ1v) is 11.1. The number of aryl methyl sites for hydroxylation is 3. The smallest absolute Gasteiger partial charge is 0.282 e. The van der Waals surface area contributed by atoms with E-state index in [1.54, 1.807) is 30.3 Å². The Kier molecular flexibility index (Phi) is 6.25. The Bertz CT molecular complexity index is 1300. The molecule has 3 aromatic rings. The minimum Gasteiger partial charge on any atom is -0.492 e. The van der Waals surface area contributed by atoms with E-state index in [1.807, 2.05) is 58.0 Å². The second kappa shape index (κ2) is 9.12. The van der Waals surface area contributed by atoms with Crippen LogP contribution in [0.4, 0.5) is 11.4 Å². The number of benzene rings is 3. The number of imide groups is 1. The highest BCUT2D eigenvalue weighted by Crippen LogP contribution is 2.39. The molecule has 3 aromatic carbocycles. The lowest BCUT2D eigenvalue weighted by Gasteiger charge is -2.19. The molecule has 0 bridgehead atoms. The molecule has 4 rings (SSSR count). The van der Waals surface area contributed by atoms with Crippen LogP contribution in [0.15, 0.2) is 66.4 Å². The van der Waals surface area contributed by atoms with Gasteiger partial charge in [-0.25, -0.2) is 4.90 Å². The molecular weight excluding hydrogens is 436 g/mol. The van der Waals surface area contributed by atoms with Crippen LogP contribution in [0, 0.1) is 20.8 Å². The van der Waals surface area contributed by atoms with Crippen molar-refractivity contribution in [3.8, 4) is 5.75 Å². The van der Waals surface area contributed by atoms with Crippen molar-refractivity contribution in [1.82, 2.24) is 0 Å². The fraction of sp³-hybridized carbons (Fsp3) is 0.185. The summed E-state index contributed by atoms with van der Waals surface area (Å²) < 4.78 is 5.71. The first kappa shape index (κ1) is 22.6. The largest absolute Gasteiger partial charge is 0.492 e. The van der Waals surface area contributed by atoms with E-state index in [-0.39, 0.29) is 5.70 Å². The predicted molar refractivity (Wildman–Crippen MR) is 133 cm³/mol. The number of nitrogens with one attached hydrogen (secondary N) is 1. The van der Waals surface area contributed by atoms with Gasteiger partial charge in [0.2, 0.25) is 0 Å². The first-order valence-electron chi connectivity index (χ1n) is 10.8. The van der Waals surface area contributed by atoms with Crippen LogP contribution in [-0.2, 0) is 9.59 Å². The second-order valence-corrected chi connectivity index (χ2v) is 8.44. The highest BCUT2D eigenvalue weighted by atomic mass is 35.5. The molecule has 2 amide bonds. The predicted octanol–water partition coefficient (Wildman–Crippen LogP) is 6.06. The quantitative estimate of drug-likeness (QED) is 0.454. The lowest BCUT2D eigenvalue weighted by molar-refractivity contribution is -0.120. The van der Waals surface area contributed by atoms with E-state index in [1.165, 1.54) is 4.90 Å². The number of ether oxygens (including phenoxy) is 1. The van der Waals surface area contributed by atoms with Gasteiger partial charge in [-0.15, -0.1) is 0 Å². The SMILES string of the molecule is CCOc1ccccc1N1C(=O)C(Nc2cc(Cl)ccc2C)=C(c2ccc(C)cc2C)C1=O. The number of hydrogen-bond acceptors (Lipinski definition) is 4. The van der Waals surface area contributed by atoms with Gasteiger partial charge in [0.05, 0.1) is 17.9 Å². The topological polar surface area (TPSA) is 58.6 Å².